The highest BCUT2D eigenvalue weighted by atomic mass is 16.2. The van der Waals surface area contributed by atoms with E-state index in [4.69, 9.17) is 17.1 Å². The summed E-state index contributed by atoms with van der Waals surface area (Å²) < 4.78 is 0. The van der Waals surface area contributed by atoms with Gasteiger partial charge in [-0.2, -0.15) is 4.79 Å². The lowest BCUT2D eigenvalue weighted by molar-refractivity contribution is -0.143. The lowest BCUT2D eigenvalue weighted by Crippen LogP contribution is -2.50. The summed E-state index contributed by atoms with van der Waals surface area (Å²) in [6.07, 6.45) is 0.500. The van der Waals surface area contributed by atoms with Gasteiger partial charge in [0.1, 0.15) is 0 Å². The highest BCUT2D eigenvalue weighted by Crippen LogP contribution is 1.84. The summed E-state index contributed by atoms with van der Waals surface area (Å²) >= 11 is 0. The van der Waals surface area contributed by atoms with Crippen LogP contribution < -0.4 is 11.6 Å². The molecule has 66 valence electrons. The first-order valence-corrected chi connectivity index (χ1v) is 3.06. The predicted molar refractivity (Wildman–Crippen MR) is 39.4 cm³/mol. The van der Waals surface area contributed by atoms with Gasteiger partial charge in [-0.15, -0.1) is 0 Å². The fourth-order valence-corrected chi connectivity index (χ4v) is 0.440. The van der Waals surface area contributed by atoms with Gasteiger partial charge in [-0.25, -0.2) is 10.9 Å². The van der Waals surface area contributed by atoms with Crippen molar-refractivity contribution in [3.05, 3.63) is 5.53 Å². The summed E-state index contributed by atoms with van der Waals surface area (Å²) in [6.45, 7) is 1.38. The molecule has 0 aliphatic heterocycles. The zero-order chi connectivity index (χ0) is 9.72. The van der Waals surface area contributed by atoms with Crippen molar-refractivity contribution in [2.75, 3.05) is 0 Å². The number of imide groups is 1. The minimum atomic E-state index is -0.931. The second kappa shape index (κ2) is 4.35. The van der Waals surface area contributed by atoms with E-state index in [0.29, 0.717) is 6.21 Å². The molecule has 1 atom stereocenters. The SMILES string of the molecule is CC(N)C(=O)N(N)C(=O)C=[N+]=[N-]. The molecule has 0 aromatic rings. The molecule has 0 aromatic heterocycles. The van der Waals surface area contributed by atoms with Crippen LogP contribution in [0.3, 0.4) is 0 Å². The molecule has 0 spiro atoms. The molecule has 1 unspecified atom stereocenters. The number of amides is 2. The monoisotopic (exact) mass is 171 g/mol. The molecule has 7 heteroatoms. The average molecular weight is 171 g/mol. The third-order valence-corrected chi connectivity index (χ3v) is 1.03. The third kappa shape index (κ3) is 2.59. The fourth-order valence-electron chi connectivity index (χ4n) is 0.440. The van der Waals surface area contributed by atoms with Gasteiger partial charge in [0.15, 0.2) is 0 Å². The van der Waals surface area contributed by atoms with Crippen LogP contribution in [-0.4, -0.2) is 33.9 Å². The van der Waals surface area contributed by atoms with Crippen LogP contribution in [0.2, 0.25) is 0 Å². The Kier molecular flexibility index (Phi) is 3.78. The Labute approximate surface area is 68.5 Å². The molecule has 0 radical (unpaired) electrons. The van der Waals surface area contributed by atoms with Gasteiger partial charge in [0.2, 0.25) is 0 Å². The quantitative estimate of drug-likeness (QED) is 0.123. The van der Waals surface area contributed by atoms with Crippen LogP contribution in [0.1, 0.15) is 6.92 Å². The van der Waals surface area contributed by atoms with Crippen molar-refractivity contribution in [2.24, 2.45) is 11.6 Å². The highest BCUT2D eigenvalue weighted by Gasteiger charge is 2.21. The first-order chi connectivity index (χ1) is 5.50. The molecule has 4 N–H and O–H groups in total. The average Bonchev–Trinajstić information content (AvgIpc) is 2.02. The lowest BCUT2D eigenvalue weighted by Gasteiger charge is -2.12. The zero-order valence-electron chi connectivity index (χ0n) is 6.47. The molecule has 2 amide bonds. The second-order valence-electron chi connectivity index (χ2n) is 2.08. The first kappa shape index (κ1) is 10.4. The third-order valence-electron chi connectivity index (χ3n) is 1.03. The summed E-state index contributed by atoms with van der Waals surface area (Å²) in [6, 6.07) is -0.869. The van der Waals surface area contributed by atoms with Gasteiger partial charge in [0.05, 0.1) is 6.04 Å². The molecule has 0 saturated carbocycles. The predicted octanol–water partition coefficient (Wildman–Crippen LogP) is -2.14. The zero-order valence-corrected chi connectivity index (χ0v) is 6.47. The Hall–Kier alpha value is -1.56. The van der Waals surface area contributed by atoms with Crippen LogP contribution >= 0.6 is 0 Å². The lowest BCUT2D eigenvalue weighted by atomic mass is 10.3. The number of nitrogens with two attached hydrogens (primary N) is 2. The van der Waals surface area contributed by atoms with Gasteiger partial charge in [0, 0.05) is 0 Å². The molecule has 7 nitrogen and oxygen atoms in total. The number of rotatable bonds is 2. The largest absolute Gasteiger partial charge is 0.361 e. The smallest absolute Gasteiger partial charge is 0.349 e. The van der Waals surface area contributed by atoms with Crippen LogP contribution in [0.5, 0.6) is 0 Å². The number of carbonyl (C=O) groups excluding carboxylic acids is 2. The Morgan fingerprint density at radius 3 is 2.50 bits per heavy atom. The van der Waals surface area contributed by atoms with Crippen molar-refractivity contribution in [1.29, 1.82) is 0 Å². The summed E-state index contributed by atoms with van der Waals surface area (Å²) in [4.78, 5) is 24.0. The van der Waals surface area contributed by atoms with E-state index >= 15 is 0 Å². The minimum Gasteiger partial charge on any atom is -0.361 e. The van der Waals surface area contributed by atoms with Crippen molar-refractivity contribution in [2.45, 2.75) is 13.0 Å². The van der Waals surface area contributed by atoms with Crippen LogP contribution in [0.25, 0.3) is 5.53 Å². The molecule has 0 bridgehead atoms. The van der Waals surface area contributed by atoms with E-state index in [0.717, 1.165) is 0 Å². The molecule has 0 rings (SSSR count). The van der Waals surface area contributed by atoms with Crippen LogP contribution in [0.15, 0.2) is 0 Å². The molecule has 0 heterocycles. The van der Waals surface area contributed by atoms with Crippen molar-refractivity contribution >= 4 is 18.0 Å². The Bertz CT molecular complexity index is 242. The summed E-state index contributed by atoms with van der Waals surface area (Å²) in [5, 5.41) is 0.282. The van der Waals surface area contributed by atoms with E-state index < -0.39 is 17.9 Å². The second-order valence-corrected chi connectivity index (χ2v) is 2.08. The van der Waals surface area contributed by atoms with Gasteiger partial charge >= 0.3 is 12.1 Å². The number of carbonyl (C=O) groups is 2. The molecule has 12 heavy (non-hydrogen) atoms. The maximum absolute atomic E-state index is 10.9. The van der Waals surface area contributed by atoms with Gasteiger partial charge in [-0.3, -0.25) is 9.59 Å². The Morgan fingerprint density at radius 1 is 1.67 bits per heavy atom. The van der Waals surface area contributed by atoms with E-state index in [2.05, 4.69) is 4.79 Å². The van der Waals surface area contributed by atoms with Crippen molar-refractivity contribution in [3.63, 3.8) is 0 Å². The maximum atomic E-state index is 10.9. The number of hydrogen-bond donors (Lipinski definition) is 2. The van der Waals surface area contributed by atoms with Crippen LogP contribution in [0, 0.1) is 0 Å². The molecule has 0 fully saturated rings. The van der Waals surface area contributed by atoms with Crippen molar-refractivity contribution < 1.29 is 14.4 Å². The summed E-state index contributed by atoms with van der Waals surface area (Å²) in [5.74, 6) is 3.32. The van der Waals surface area contributed by atoms with Gasteiger partial charge in [-0.05, 0) is 6.92 Å². The molecule has 0 saturated heterocycles. The topological polar surface area (TPSA) is 126 Å². The van der Waals surface area contributed by atoms with E-state index in [-0.39, 0.29) is 5.01 Å². The van der Waals surface area contributed by atoms with Gasteiger partial charge in [0.25, 0.3) is 5.91 Å². The first-order valence-electron chi connectivity index (χ1n) is 3.06. The van der Waals surface area contributed by atoms with Crippen molar-refractivity contribution in [3.8, 4) is 0 Å². The highest BCUT2D eigenvalue weighted by molar-refractivity contribution is 6.27. The van der Waals surface area contributed by atoms with E-state index in [1.54, 1.807) is 0 Å². The molecule has 0 aromatic carbocycles. The van der Waals surface area contributed by atoms with E-state index in [1.165, 1.54) is 6.92 Å². The summed E-state index contributed by atoms with van der Waals surface area (Å²) in [7, 11) is 0. The molecular formula is C5H9N5O2. The minimum absolute atomic E-state index is 0.282. The standard InChI is InChI=1S/C5H9N5O2/c1-3(6)5(12)10(8)4(11)2-9-7/h2-3H,6,8H2,1H3. The van der Waals surface area contributed by atoms with Crippen LogP contribution in [0.4, 0.5) is 0 Å². The molecule has 0 aliphatic carbocycles. The normalized spacial score (nSPS) is 11.2. The van der Waals surface area contributed by atoms with E-state index in [1.807, 2.05) is 0 Å². The molecular weight excluding hydrogens is 162 g/mol. The van der Waals surface area contributed by atoms with E-state index in [9.17, 15) is 9.59 Å². The molecule has 0 aliphatic rings. The Balaban J connectivity index is 4.39. The van der Waals surface area contributed by atoms with Gasteiger partial charge < -0.3 is 11.3 Å². The number of hydrazine groups is 1. The number of hydrogen-bond acceptors (Lipinski definition) is 4. The number of nitrogens with zero attached hydrogens (tertiary/aromatic N) is 3. The van der Waals surface area contributed by atoms with Crippen molar-refractivity contribution in [1.82, 2.24) is 5.01 Å². The summed E-state index contributed by atoms with van der Waals surface area (Å²) in [5.41, 5.74) is 13.1. The van der Waals surface area contributed by atoms with Gasteiger partial charge in [-0.1, -0.05) is 0 Å². The fraction of sp³-hybridized carbons (Fsp3) is 0.400. The Morgan fingerprint density at radius 2 is 2.17 bits per heavy atom. The van der Waals surface area contributed by atoms with Crippen LogP contribution in [-0.2, 0) is 9.59 Å². The maximum Gasteiger partial charge on any atom is 0.349 e.